The van der Waals surface area contributed by atoms with Gasteiger partial charge in [-0.05, 0) is 32.8 Å². The Kier molecular flexibility index (Phi) is 5.86. The summed E-state index contributed by atoms with van der Waals surface area (Å²) in [6.45, 7) is 8.72. The van der Waals surface area contributed by atoms with Gasteiger partial charge in [0.15, 0.2) is 0 Å². The standard InChI is InChI=1S/C15H24N2O/c1-5-14(13-9-7-11(3)8-10-13)17-12(4)15(18)16-6-2/h7-10,12,14,17H,5-6H2,1-4H3,(H,16,18). The molecule has 18 heavy (non-hydrogen) atoms. The van der Waals surface area contributed by atoms with Gasteiger partial charge in [-0.1, -0.05) is 36.8 Å². The summed E-state index contributed by atoms with van der Waals surface area (Å²) in [4.78, 5) is 11.7. The van der Waals surface area contributed by atoms with Crippen molar-refractivity contribution < 1.29 is 4.79 Å². The summed E-state index contributed by atoms with van der Waals surface area (Å²) < 4.78 is 0. The molecule has 0 bridgehead atoms. The maximum Gasteiger partial charge on any atom is 0.236 e. The third kappa shape index (κ3) is 4.15. The zero-order valence-electron chi connectivity index (χ0n) is 11.8. The van der Waals surface area contributed by atoms with Crippen LogP contribution in [-0.2, 0) is 4.79 Å². The third-order valence-corrected chi connectivity index (χ3v) is 3.08. The molecule has 100 valence electrons. The van der Waals surface area contributed by atoms with Crippen LogP contribution in [0.1, 0.15) is 44.4 Å². The van der Waals surface area contributed by atoms with Crippen LogP contribution in [0.4, 0.5) is 0 Å². The highest BCUT2D eigenvalue weighted by Gasteiger charge is 2.17. The molecule has 1 aromatic rings. The molecule has 0 aliphatic heterocycles. The van der Waals surface area contributed by atoms with Gasteiger partial charge >= 0.3 is 0 Å². The summed E-state index contributed by atoms with van der Waals surface area (Å²) in [6.07, 6.45) is 0.965. The van der Waals surface area contributed by atoms with Crippen LogP contribution in [0.15, 0.2) is 24.3 Å². The van der Waals surface area contributed by atoms with Crippen molar-refractivity contribution in [3.8, 4) is 0 Å². The topological polar surface area (TPSA) is 41.1 Å². The van der Waals surface area contributed by atoms with Crippen molar-refractivity contribution in [3.63, 3.8) is 0 Å². The number of hydrogen-bond donors (Lipinski definition) is 2. The molecule has 0 saturated heterocycles. The second kappa shape index (κ2) is 7.17. The van der Waals surface area contributed by atoms with Gasteiger partial charge < -0.3 is 5.32 Å². The Hall–Kier alpha value is -1.35. The molecule has 0 saturated carbocycles. The van der Waals surface area contributed by atoms with Gasteiger partial charge in [0.2, 0.25) is 5.91 Å². The first-order valence-corrected chi connectivity index (χ1v) is 6.68. The van der Waals surface area contributed by atoms with Gasteiger partial charge in [0, 0.05) is 12.6 Å². The van der Waals surface area contributed by atoms with E-state index >= 15 is 0 Å². The van der Waals surface area contributed by atoms with E-state index in [1.165, 1.54) is 11.1 Å². The third-order valence-electron chi connectivity index (χ3n) is 3.08. The van der Waals surface area contributed by atoms with Crippen molar-refractivity contribution in [1.82, 2.24) is 10.6 Å². The number of carbonyl (C=O) groups is 1. The molecule has 0 aliphatic rings. The molecule has 0 spiro atoms. The van der Waals surface area contributed by atoms with Crippen LogP contribution in [0.25, 0.3) is 0 Å². The zero-order valence-corrected chi connectivity index (χ0v) is 11.8. The van der Waals surface area contributed by atoms with E-state index in [1.54, 1.807) is 0 Å². The summed E-state index contributed by atoms with van der Waals surface area (Å²) in [5.41, 5.74) is 2.49. The maximum absolute atomic E-state index is 11.7. The molecule has 2 atom stereocenters. The lowest BCUT2D eigenvalue weighted by molar-refractivity contribution is -0.122. The highest BCUT2D eigenvalue weighted by Crippen LogP contribution is 2.17. The number of hydrogen-bond acceptors (Lipinski definition) is 2. The number of nitrogens with one attached hydrogen (secondary N) is 2. The van der Waals surface area contributed by atoms with Crippen molar-refractivity contribution in [2.45, 2.75) is 46.2 Å². The second-order valence-corrected chi connectivity index (χ2v) is 4.65. The van der Waals surface area contributed by atoms with Gasteiger partial charge in [0.05, 0.1) is 6.04 Å². The van der Waals surface area contributed by atoms with Crippen LogP contribution in [-0.4, -0.2) is 18.5 Å². The fourth-order valence-electron chi connectivity index (χ4n) is 1.95. The Balaban J connectivity index is 2.67. The van der Waals surface area contributed by atoms with E-state index in [0.717, 1.165) is 6.42 Å². The van der Waals surface area contributed by atoms with Crippen molar-refractivity contribution in [2.24, 2.45) is 0 Å². The van der Waals surface area contributed by atoms with E-state index in [4.69, 9.17) is 0 Å². The largest absolute Gasteiger partial charge is 0.355 e. The van der Waals surface area contributed by atoms with Gasteiger partial charge in [0.25, 0.3) is 0 Å². The average molecular weight is 248 g/mol. The summed E-state index contributed by atoms with van der Waals surface area (Å²) in [5, 5.41) is 6.21. The lowest BCUT2D eigenvalue weighted by atomic mass is 10.0. The number of rotatable bonds is 6. The summed E-state index contributed by atoms with van der Waals surface area (Å²) in [5.74, 6) is 0.0584. The van der Waals surface area contributed by atoms with Crippen LogP contribution < -0.4 is 10.6 Å². The number of likely N-dealkylation sites (N-methyl/N-ethyl adjacent to an activating group) is 1. The Labute approximate surface area is 110 Å². The minimum atomic E-state index is -0.170. The molecule has 1 aromatic carbocycles. The van der Waals surface area contributed by atoms with Crippen LogP contribution in [0.3, 0.4) is 0 Å². The van der Waals surface area contributed by atoms with Gasteiger partial charge in [-0.25, -0.2) is 0 Å². The Morgan fingerprint density at radius 1 is 1.22 bits per heavy atom. The summed E-state index contributed by atoms with van der Waals surface area (Å²) in [7, 11) is 0. The van der Waals surface area contributed by atoms with Crippen LogP contribution >= 0.6 is 0 Å². The molecular weight excluding hydrogens is 224 g/mol. The highest BCUT2D eigenvalue weighted by atomic mass is 16.2. The van der Waals surface area contributed by atoms with Gasteiger partial charge in [0.1, 0.15) is 0 Å². The number of aryl methyl sites for hydroxylation is 1. The molecule has 2 unspecified atom stereocenters. The molecule has 1 amide bonds. The second-order valence-electron chi connectivity index (χ2n) is 4.65. The van der Waals surface area contributed by atoms with E-state index in [9.17, 15) is 4.79 Å². The first-order chi connectivity index (χ1) is 8.58. The number of benzene rings is 1. The monoisotopic (exact) mass is 248 g/mol. The van der Waals surface area contributed by atoms with Crippen molar-refractivity contribution in [1.29, 1.82) is 0 Å². The SMILES string of the molecule is CCNC(=O)C(C)NC(CC)c1ccc(C)cc1. The number of carbonyl (C=O) groups excluding carboxylic acids is 1. The van der Waals surface area contributed by atoms with Gasteiger partial charge in [-0.15, -0.1) is 0 Å². The molecule has 0 radical (unpaired) electrons. The molecule has 0 fully saturated rings. The maximum atomic E-state index is 11.7. The lowest BCUT2D eigenvalue weighted by Crippen LogP contribution is -2.43. The van der Waals surface area contributed by atoms with E-state index < -0.39 is 0 Å². The van der Waals surface area contributed by atoms with E-state index in [2.05, 4.69) is 48.7 Å². The molecule has 2 N–H and O–H groups in total. The van der Waals surface area contributed by atoms with E-state index in [-0.39, 0.29) is 18.0 Å². The Morgan fingerprint density at radius 2 is 1.83 bits per heavy atom. The molecule has 1 rings (SSSR count). The van der Waals surface area contributed by atoms with Crippen LogP contribution in [0.5, 0.6) is 0 Å². The van der Waals surface area contributed by atoms with Gasteiger partial charge in [-0.2, -0.15) is 0 Å². The first-order valence-electron chi connectivity index (χ1n) is 6.68. The smallest absolute Gasteiger partial charge is 0.236 e. The van der Waals surface area contributed by atoms with Crippen molar-refractivity contribution >= 4 is 5.91 Å². The predicted octanol–water partition coefficient (Wildman–Crippen LogP) is 2.56. The summed E-state index contributed by atoms with van der Waals surface area (Å²) >= 11 is 0. The normalized spacial score (nSPS) is 14.0. The predicted molar refractivity (Wildman–Crippen MR) is 75.5 cm³/mol. The molecule has 0 aromatic heterocycles. The van der Waals surface area contributed by atoms with E-state index in [0.29, 0.717) is 6.54 Å². The molecular formula is C15H24N2O. The number of amides is 1. The zero-order chi connectivity index (χ0) is 13.5. The Morgan fingerprint density at radius 3 is 2.33 bits per heavy atom. The van der Waals surface area contributed by atoms with Crippen molar-refractivity contribution in [2.75, 3.05) is 6.54 Å². The minimum absolute atomic E-state index is 0.0584. The van der Waals surface area contributed by atoms with Crippen LogP contribution in [0, 0.1) is 6.92 Å². The molecule has 3 nitrogen and oxygen atoms in total. The first kappa shape index (κ1) is 14.7. The van der Waals surface area contributed by atoms with Crippen molar-refractivity contribution in [3.05, 3.63) is 35.4 Å². The van der Waals surface area contributed by atoms with E-state index in [1.807, 2.05) is 13.8 Å². The molecule has 3 heteroatoms. The lowest BCUT2D eigenvalue weighted by Gasteiger charge is -2.22. The Bertz CT molecular complexity index is 373. The average Bonchev–Trinajstić information content (AvgIpc) is 2.37. The summed E-state index contributed by atoms with van der Waals surface area (Å²) in [6, 6.07) is 8.52. The van der Waals surface area contributed by atoms with Gasteiger partial charge in [-0.3, -0.25) is 10.1 Å². The van der Waals surface area contributed by atoms with Crippen LogP contribution in [0.2, 0.25) is 0 Å². The fraction of sp³-hybridized carbons (Fsp3) is 0.533. The quantitative estimate of drug-likeness (QED) is 0.812. The highest BCUT2D eigenvalue weighted by molar-refractivity contribution is 5.81. The minimum Gasteiger partial charge on any atom is -0.355 e. The molecule has 0 aliphatic carbocycles. The fourth-order valence-corrected chi connectivity index (χ4v) is 1.95. The molecule has 0 heterocycles.